The molecule has 0 aliphatic carbocycles. The van der Waals surface area contributed by atoms with E-state index >= 15 is 0 Å². The number of nitrogens with zero attached hydrogens (tertiary/aromatic N) is 3. The molecule has 0 aromatic carbocycles. The summed E-state index contributed by atoms with van der Waals surface area (Å²) in [5.74, 6) is 0. The highest BCUT2D eigenvalue weighted by Gasteiger charge is 2.23. The Hall–Kier alpha value is -1.78. The smallest absolute Gasteiger partial charge is 0.0892 e. The van der Waals surface area contributed by atoms with E-state index in [0.29, 0.717) is 12.7 Å². The number of aromatic nitrogens is 2. The highest BCUT2D eigenvalue weighted by atomic mass is 16.5. The molecular formula is C17H21N3O. The first kappa shape index (κ1) is 14.2. The number of hydrogen-bond acceptors (Lipinski definition) is 4. The molecule has 1 aliphatic rings. The van der Waals surface area contributed by atoms with Crippen LogP contribution in [-0.2, 0) is 17.9 Å². The largest absolute Gasteiger partial charge is 0.371 e. The molecule has 0 saturated carbocycles. The Morgan fingerprint density at radius 3 is 3.00 bits per heavy atom. The van der Waals surface area contributed by atoms with Crippen LogP contribution in [0.3, 0.4) is 0 Å². The maximum absolute atomic E-state index is 5.96. The van der Waals surface area contributed by atoms with Gasteiger partial charge in [0.15, 0.2) is 0 Å². The van der Waals surface area contributed by atoms with Crippen LogP contribution in [0.25, 0.3) is 0 Å². The molecule has 4 heteroatoms. The Kier molecular flexibility index (Phi) is 4.58. The third-order valence-corrected chi connectivity index (χ3v) is 3.79. The zero-order valence-corrected chi connectivity index (χ0v) is 12.4. The van der Waals surface area contributed by atoms with Crippen molar-refractivity contribution in [3.05, 3.63) is 59.7 Å². The Balaban J connectivity index is 1.47. The summed E-state index contributed by atoms with van der Waals surface area (Å²) < 4.78 is 5.96. The molecule has 0 N–H and O–H groups in total. The van der Waals surface area contributed by atoms with Crippen molar-refractivity contribution in [1.29, 1.82) is 0 Å². The van der Waals surface area contributed by atoms with Gasteiger partial charge in [-0.2, -0.15) is 0 Å². The number of ether oxygens (including phenoxy) is 1. The number of aryl methyl sites for hydroxylation is 1. The molecular weight excluding hydrogens is 262 g/mol. The van der Waals surface area contributed by atoms with Gasteiger partial charge in [-0.05, 0) is 43.2 Å². The topological polar surface area (TPSA) is 38.2 Å². The molecule has 1 saturated heterocycles. The number of hydrogen-bond donors (Lipinski definition) is 0. The van der Waals surface area contributed by atoms with E-state index in [9.17, 15) is 0 Å². The van der Waals surface area contributed by atoms with Crippen LogP contribution in [0, 0.1) is 6.92 Å². The van der Waals surface area contributed by atoms with E-state index in [2.05, 4.69) is 27.0 Å². The van der Waals surface area contributed by atoms with Crippen LogP contribution in [0.5, 0.6) is 0 Å². The first-order valence-corrected chi connectivity index (χ1v) is 7.45. The summed E-state index contributed by atoms with van der Waals surface area (Å²) in [5, 5.41) is 0. The Morgan fingerprint density at radius 1 is 1.24 bits per heavy atom. The lowest BCUT2D eigenvalue weighted by atomic mass is 10.2. The lowest BCUT2D eigenvalue weighted by molar-refractivity contribution is 0.0443. The van der Waals surface area contributed by atoms with Crippen molar-refractivity contribution in [2.75, 3.05) is 13.1 Å². The number of pyridine rings is 2. The van der Waals surface area contributed by atoms with Gasteiger partial charge in [-0.25, -0.2) is 0 Å². The minimum Gasteiger partial charge on any atom is -0.371 e. The van der Waals surface area contributed by atoms with E-state index in [0.717, 1.165) is 37.4 Å². The van der Waals surface area contributed by atoms with Gasteiger partial charge < -0.3 is 4.74 Å². The Labute approximate surface area is 125 Å². The molecule has 21 heavy (non-hydrogen) atoms. The summed E-state index contributed by atoms with van der Waals surface area (Å²) in [6, 6.07) is 10.2. The number of likely N-dealkylation sites (tertiary alicyclic amines) is 1. The molecule has 4 nitrogen and oxygen atoms in total. The lowest BCUT2D eigenvalue weighted by Crippen LogP contribution is -2.23. The molecule has 3 rings (SSSR count). The fraction of sp³-hybridized carbons (Fsp3) is 0.412. The van der Waals surface area contributed by atoms with Gasteiger partial charge in [-0.3, -0.25) is 14.9 Å². The summed E-state index contributed by atoms with van der Waals surface area (Å²) in [5.41, 5.74) is 3.41. The van der Waals surface area contributed by atoms with Gasteiger partial charge in [0.1, 0.15) is 0 Å². The van der Waals surface area contributed by atoms with Crippen LogP contribution in [0.4, 0.5) is 0 Å². The molecule has 1 fully saturated rings. The summed E-state index contributed by atoms with van der Waals surface area (Å²) >= 11 is 0. The standard InChI is InChI=1S/C17H21N3O/c1-14-10-15(5-8-18-14)11-20-9-6-17(12-20)21-13-16-4-2-3-7-19-16/h2-5,7-8,10,17H,6,9,11-13H2,1H3. The fourth-order valence-corrected chi connectivity index (χ4v) is 2.72. The second-order valence-corrected chi connectivity index (χ2v) is 5.58. The normalized spacial score (nSPS) is 19.0. The molecule has 2 aromatic rings. The van der Waals surface area contributed by atoms with Crippen molar-refractivity contribution in [3.8, 4) is 0 Å². The molecule has 1 unspecified atom stereocenters. The van der Waals surface area contributed by atoms with Crippen LogP contribution in [0.15, 0.2) is 42.7 Å². The van der Waals surface area contributed by atoms with Crippen LogP contribution in [0.1, 0.15) is 23.4 Å². The molecule has 0 spiro atoms. The van der Waals surface area contributed by atoms with Crippen molar-refractivity contribution in [3.63, 3.8) is 0 Å². The molecule has 0 radical (unpaired) electrons. The van der Waals surface area contributed by atoms with Gasteiger partial charge in [-0.15, -0.1) is 0 Å². The van der Waals surface area contributed by atoms with Crippen molar-refractivity contribution in [2.24, 2.45) is 0 Å². The molecule has 3 heterocycles. The zero-order chi connectivity index (χ0) is 14.5. The van der Waals surface area contributed by atoms with E-state index < -0.39 is 0 Å². The van der Waals surface area contributed by atoms with Gasteiger partial charge in [0.25, 0.3) is 0 Å². The van der Waals surface area contributed by atoms with E-state index in [4.69, 9.17) is 4.74 Å². The van der Waals surface area contributed by atoms with Gasteiger partial charge in [-0.1, -0.05) is 6.07 Å². The lowest BCUT2D eigenvalue weighted by Gasteiger charge is -2.16. The zero-order valence-electron chi connectivity index (χ0n) is 12.4. The average Bonchev–Trinajstić information content (AvgIpc) is 2.94. The third kappa shape index (κ3) is 4.09. The highest BCUT2D eigenvalue weighted by Crippen LogP contribution is 2.17. The molecule has 1 aliphatic heterocycles. The minimum atomic E-state index is 0.315. The predicted octanol–water partition coefficient (Wildman–Crippen LogP) is 2.58. The number of rotatable bonds is 5. The average molecular weight is 283 g/mol. The molecule has 1 atom stereocenters. The quantitative estimate of drug-likeness (QED) is 0.845. The highest BCUT2D eigenvalue weighted by molar-refractivity contribution is 5.15. The van der Waals surface area contributed by atoms with Crippen molar-refractivity contribution >= 4 is 0 Å². The van der Waals surface area contributed by atoms with E-state index in [1.54, 1.807) is 0 Å². The first-order valence-electron chi connectivity index (χ1n) is 7.45. The maximum Gasteiger partial charge on any atom is 0.0892 e. The Bertz CT molecular complexity index is 573. The van der Waals surface area contributed by atoms with Gasteiger partial charge in [0.2, 0.25) is 0 Å². The summed E-state index contributed by atoms with van der Waals surface area (Å²) in [4.78, 5) is 11.0. The summed E-state index contributed by atoms with van der Waals surface area (Å²) in [6.45, 7) is 5.70. The fourth-order valence-electron chi connectivity index (χ4n) is 2.72. The SMILES string of the molecule is Cc1cc(CN2CCC(OCc3ccccn3)C2)ccn1. The van der Waals surface area contributed by atoms with Gasteiger partial charge >= 0.3 is 0 Å². The second kappa shape index (κ2) is 6.78. The predicted molar refractivity (Wildman–Crippen MR) is 81.7 cm³/mol. The monoisotopic (exact) mass is 283 g/mol. The molecule has 110 valence electrons. The molecule has 2 aromatic heterocycles. The van der Waals surface area contributed by atoms with Crippen molar-refractivity contribution in [2.45, 2.75) is 32.6 Å². The first-order chi connectivity index (χ1) is 10.3. The third-order valence-electron chi connectivity index (χ3n) is 3.79. The van der Waals surface area contributed by atoms with Gasteiger partial charge in [0, 0.05) is 37.7 Å². The maximum atomic E-state index is 5.96. The minimum absolute atomic E-state index is 0.315. The molecule has 0 bridgehead atoms. The summed E-state index contributed by atoms with van der Waals surface area (Å²) in [6.07, 6.45) is 5.10. The van der Waals surface area contributed by atoms with Crippen molar-refractivity contribution in [1.82, 2.24) is 14.9 Å². The molecule has 0 amide bonds. The van der Waals surface area contributed by atoms with Crippen molar-refractivity contribution < 1.29 is 4.74 Å². The van der Waals surface area contributed by atoms with E-state index in [-0.39, 0.29) is 0 Å². The van der Waals surface area contributed by atoms with Crippen LogP contribution in [-0.4, -0.2) is 34.1 Å². The van der Waals surface area contributed by atoms with E-state index in [1.807, 2.05) is 37.5 Å². The van der Waals surface area contributed by atoms with Gasteiger partial charge in [0.05, 0.1) is 18.4 Å². The summed E-state index contributed by atoms with van der Waals surface area (Å²) in [7, 11) is 0. The van der Waals surface area contributed by atoms with E-state index in [1.165, 1.54) is 5.56 Å². The van der Waals surface area contributed by atoms with Crippen LogP contribution < -0.4 is 0 Å². The Morgan fingerprint density at radius 2 is 2.19 bits per heavy atom. The second-order valence-electron chi connectivity index (χ2n) is 5.58. The van der Waals surface area contributed by atoms with Crippen LogP contribution >= 0.6 is 0 Å². The van der Waals surface area contributed by atoms with Crippen LogP contribution in [0.2, 0.25) is 0 Å².